The summed E-state index contributed by atoms with van der Waals surface area (Å²) in [6, 6.07) is 4.77. The Balaban J connectivity index is 2.26. The lowest BCUT2D eigenvalue weighted by molar-refractivity contribution is 0.492. The maximum absolute atomic E-state index is 13.9. The summed E-state index contributed by atoms with van der Waals surface area (Å²) >= 11 is 0. The van der Waals surface area contributed by atoms with Gasteiger partial charge in [0.25, 0.3) is 0 Å². The van der Waals surface area contributed by atoms with E-state index in [1.165, 1.54) is 12.4 Å². The minimum atomic E-state index is -0.325. The van der Waals surface area contributed by atoms with E-state index in [1.807, 2.05) is 13.0 Å². The van der Waals surface area contributed by atoms with Crippen LogP contribution in [0.4, 0.5) is 4.39 Å². The number of rotatable bonds is 4. The summed E-state index contributed by atoms with van der Waals surface area (Å²) in [5.41, 5.74) is 4.04. The summed E-state index contributed by atoms with van der Waals surface area (Å²) in [4.78, 5) is 4.11. The lowest BCUT2D eigenvalue weighted by Crippen LogP contribution is -2.31. The van der Waals surface area contributed by atoms with Crippen LogP contribution in [0.25, 0.3) is 0 Å². The molecule has 0 aliphatic carbocycles. The van der Waals surface area contributed by atoms with Crippen LogP contribution >= 0.6 is 0 Å². The largest absolute Gasteiger partial charge is 0.271 e. The zero-order chi connectivity index (χ0) is 13.1. The summed E-state index contributed by atoms with van der Waals surface area (Å²) in [5.74, 6) is 5.99. The predicted molar refractivity (Wildman–Crippen MR) is 65.9 cm³/mol. The highest BCUT2D eigenvalue weighted by atomic mass is 19.1. The second-order valence-corrected chi connectivity index (χ2v) is 4.25. The van der Waals surface area contributed by atoms with E-state index in [0.717, 1.165) is 11.4 Å². The summed E-state index contributed by atoms with van der Waals surface area (Å²) < 4.78 is 15.5. The van der Waals surface area contributed by atoms with Crippen molar-refractivity contribution >= 4 is 0 Å². The molecule has 0 saturated carbocycles. The van der Waals surface area contributed by atoms with Crippen LogP contribution in [0.3, 0.4) is 0 Å². The first-order valence-corrected chi connectivity index (χ1v) is 5.67. The van der Waals surface area contributed by atoms with Gasteiger partial charge in [-0.25, -0.2) is 9.37 Å². The highest BCUT2D eigenvalue weighted by Crippen LogP contribution is 2.20. The fourth-order valence-corrected chi connectivity index (χ4v) is 1.86. The van der Waals surface area contributed by atoms with Gasteiger partial charge in [-0.3, -0.25) is 16.0 Å². The number of nitrogens with zero attached hydrogens (tertiary/aromatic N) is 3. The maximum Gasteiger partial charge on any atom is 0.138 e. The molecule has 2 rings (SSSR count). The second kappa shape index (κ2) is 5.24. The number of hydrazine groups is 1. The lowest BCUT2D eigenvalue weighted by atomic mass is 10.0. The first-order chi connectivity index (χ1) is 8.61. The van der Waals surface area contributed by atoms with Gasteiger partial charge < -0.3 is 0 Å². The quantitative estimate of drug-likeness (QED) is 0.627. The Morgan fingerprint density at radius 1 is 1.50 bits per heavy atom. The standard InChI is InChI=1S/C12H16FN5/c1-8-3-4-9(10(13)5-8)11(17-14)6-12-15-7-16-18(12)2/h3-5,7,11,17H,6,14H2,1-2H3. The SMILES string of the molecule is Cc1ccc(C(Cc2ncnn2C)NN)c(F)c1. The van der Waals surface area contributed by atoms with Gasteiger partial charge in [0.05, 0.1) is 6.04 Å². The Hall–Kier alpha value is -1.79. The average molecular weight is 249 g/mol. The summed E-state index contributed by atoms with van der Waals surface area (Å²) in [6.45, 7) is 1.85. The van der Waals surface area contributed by atoms with Crippen molar-refractivity contribution in [3.05, 3.63) is 47.3 Å². The van der Waals surface area contributed by atoms with Gasteiger partial charge in [-0.15, -0.1) is 0 Å². The van der Waals surface area contributed by atoms with E-state index in [2.05, 4.69) is 15.5 Å². The molecule has 96 valence electrons. The van der Waals surface area contributed by atoms with E-state index in [4.69, 9.17) is 5.84 Å². The fraction of sp³-hybridized carbons (Fsp3) is 0.333. The third kappa shape index (κ3) is 2.55. The molecule has 1 unspecified atom stereocenters. The molecule has 0 aliphatic heterocycles. The van der Waals surface area contributed by atoms with Gasteiger partial charge in [0.15, 0.2) is 0 Å². The molecule has 0 radical (unpaired) electrons. The van der Waals surface area contributed by atoms with Gasteiger partial charge in [-0.05, 0) is 18.6 Å². The maximum atomic E-state index is 13.9. The van der Waals surface area contributed by atoms with Crippen LogP contribution in [0.2, 0.25) is 0 Å². The monoisotopic (exact) mass is 249 g/mol. The molecule has 3 N–H and O–H groups in total. The van der Waals surface area contributed by atoms with E-state index in [1.54, 1.807) is 17.8 Å². The smallest absolute Gasteiger partial charge is 0.138 e. The van der Waals surface area contributed by atoms with Crippen LogP contribution in [0.5, 0.6) is 0 Å². The highest BCUT2D eigenvalue weighted by molar-refractivity contribution is 5.26. The molecule has 0 spiro atoms. The number of aryl methyl sites for hydroxylation is 2. The van der Waals surface area contributed by atoms with Gasteiger partial charge >= 0.3 is 0 Å². The van der Waals surface area contributed by atoms with Gasteiger partial charge in [-0.2, -0.15) is 5.10 Å². The van der Waals surface area contributed by atoms with Crippen molar-refractivity contribution in [2.45, 2.75) is 19.4 Å². The van der Waals surface area contributed by atoms with Gasteiger partial charge in [0.1, 0.15) is 18.0 Å². The van der Waals surface area contributed by atoms with Gasteiger partial charge in [0.2, 0.25) is 0 Å². The van der Waals surface area contributed by atoms with E-state index < -0.39 is 0 Å². The normalized spacial score (nSPS) is 12.7. The Morgan fingerprint density at radius 3 is 2.83 bits per heavy atom. The van der Waals surface area contributed by atoms with Gasteiger partial charge in [-0.1, -0.05) is 12.1 Å². The molecular weight excluding hydrogens is 233 g/mol. The zero-order valence-electron chi connectivity index (χ0n) is 10.4. The van der Waals surface area contributed by atoms with Crippen molar-refractivity contribution in [2.75, 3.05) is 0 Å². The van der Waals surface area contributed by atoms with Crippen molar-refractivity contribution in [2.24, 2.45) is 12.9 Å². The van der Waals surface area contributed by atoms with Crippen LogP contribution in [-0.4, -0.2) is 14.8 Å². The van der Waals surface area contributed by atoms with E-state index >= 15 is 0 Å². The summed E-state index contributed by atoms with van der Waals surface area (Å²) in [6.07, 6.45) is 1.95. The number of nitrogens with one attached hydrogen (secondary N) is 1. The Kier molecular flexibility index (Phi) is 3.69. The predicted octanol–water partition coefficient (Wildman–Crippen LogP) is 1.01. The number of hydrogen-bond donors (Lipinski definition) is 2. The first-order valence-electron chi connectivity index (χ1n) is 5.67. The second-order valence-electron chi connectivity index (χ2n) is 4.25. The van der Waals surface area contributed by atoms with Crippen molar-refractivity contribution in [1.29, 1.82) is 0 Å². The van der Waals surface area contributed by atoms with Crippen LogP contribution in [0.15, 0.2) is 24.5 Å². The number of benzene rings is 1. The fourth-order valence-electron chi connectivity index (χ4n) is 1.86. The molecular formula is C12H16FN5. The molecule has 0 bridgehead atoms. The van der Waals surface area contributed by atoms with Crippen LogP contribution < -0.4 is 11.3 Å². The molecule has 6 heteroatoms. The minimum Gasteiger partial charge on any atom is -0.271 e. The van der Waals surface area contributed by atoms with Crippen molar-refractivity contribution in [3.8, 4) is 0 Å². The Morgan fingerprint density at radius 2 is 2.28 bits per heavy atom. The van der Waals surface area contributed by atoms with Crippen LogP contribution in [0, 0.1) is 12.7 Å². The van der Waals surface area contributed by atoms with Crippen molar-refractivity contribution < 1.29 is 4.39 Å². The average Bonchev–Trinajstić information content (AvgIpc) is 2.73. The first kappa shape index (κ1) is 12.7. The molecule has 0 amide bonds. The van der Waals surface area contributed by atoms with Gasteiger partial charge in [0, 0.05) is 19.0 Å². The molecule has 5 nitrogen and oxygen atoms in total. The van der Waals surface area contributed by atoms with Crippen LogP contribution in [-0.2, 0) is 13.5 Å². The van der Waals surface area contributed by atoms with Crippen LogP contribution in [0.1, 0.15) is 23.0 Å². The molecule has 0 fully saturated rings. The third-order valence-corrected chi connectivity index (χ3v) is 2.92. The third-order valence-electron chi connectivity index (χ3n) is 2.92. The Bertz CT molecular complexity index is 537. The molecule has 2 aromatic rings. The van der Waals surface area contributed by atoms with E-state index in [9.17, 15) is 4.39 Å². The molecule has 18 heavy (non-hydrogen) atoms. The number of hydrogen-bond acceptors (Lipinski definition) is 4. The summed E-state index contributed by atoms with van der Waals surface area (Å²) in [7, 11) is 1.79. The number of halogens is 1. The van der Waals surface area contributed by atoms with Crippen molar-refractivity contribution in [3.63, 3.8) is 0 Å². The minimum absolute atomic E-state index is 0.264. The zero-order valence-corrected chi connectivity index (χ0v) is 10.4. The number of aromatic nitrogens is 3. The topological polar surface area (TPSA) is 68.8 Å². The molecule has 1 aromatic carbocycles. The molecule has 0 aliphatic rings. The molecule has 1 atom stereocenters. The lowest BCUT2D eigenvalue weighted by Gasteiger charge is -2.16. The Labute approximate surface area is 105 Å². The van der Waals surface area contributed by atoms with E-state index in [0.29, 0.717) is 12.0 Å². The molecule has 1 heterocycles. The van der Waals surface area contributed by atoms with Crippen molar-refractivity contribution in [1.82, 2.24) is 20.2 Å². The molecule has 0 saturated heterocycles. The highest BCUT2D eigenvalue weighted by Gasteiger charge is 2.17. The molecule has 1 aromatic heterocycles. The van der Waals surface area contributed by atoms with E-state index in [-0.39, 0.29) is 11.9 Å². The summed E-state index contributed by atoms with van der Waals surface area (Å²) in [5, 5.41) is 3.98. The number of nitrogens with two attached hydrogens (primary N) is 1.